The molecule has 0 saturated carbocycles. The van der Waals surface area contributed by atoms with E-state index in [0.717, 1.165) is 0 Å². The van der Waals surface area contributed by atoms with Crippen LogP contribution >= 0.6 is 0 Å². The fraction of sp³-hybridized carbons (Fsp3) is 0.467. The van der Waals surface area contributed by atoms with Crippen LogP contribution in [0.4, 0.5) is 5.69 Å². The largest absolute Gasteiger partial charge is 0.495 e. The van der Waals surface area contributed by atoms with E-state index in [4.69, 9.17) is 4.74 Å². The Hall–Kier alpha value is -2.09. The molecule has 1 aliphatic rings. The fourth-order valence-corrected chi connectivity index (χ4v) is 4.22. The second-order valence-corrected chi connectivity index (χ2v) is 7.67. The molecule has 0 radical (unpaired) electrons. The quantitative estimate of drug-likeness (QED) is 0.835. The van der Waals surface area contributed by atoms with Crippen molar-refractivity contribution in [1.82, 2.24) is 5.32 Å². The van der Waals surface area contributed by atoms with Crippen molar-refractivity contribution >= 4 is 27.3 Å². The lowest BCUT2D eigenvalue weighted by molar-refractivity contribution is -0.123. The number of nitrogens with zero attached hydrogens (tertiary/aromatic N) is 1. The number of rotatable bonds is 5. The van der Waals surface area contributed by atoms with Crippen molar-refractivity contribution in [2.45, 2.75) is 19.4 Å². The number of nitrogens with one attached hydrogen (secondary N) is 1. The minimum Gasteiger partial charge on any atom is -0.495 e. The van der Waals surface area contributed by atoms with Crippen molar-refractivity contribution in [2.75, 3.05) is 30.1 Å². The van der Waals surface area contributed by atoms with Crippen LogP contribution in [0.5, 0.6) is 5.75 Å². The van der Waals surface area contributed by atoms with Crippen molar-refractivity contribution in [3.63, 3.8) is 0 Å². The van der Waals surface area contributed by atoms with Gasteiger partial charge in [0.25, 0.3) is 0 Å². The topological polar surface area (TPSA) is 92.8 Å². The summed E-state index contributed by atoms with van der Waals surface area (Å²) in [5.74, 6) is -0.176. The van der Waals surface area contributed by atoms with Crippen molar-refractivity contribution in [3.8, 4) is 5.75 Å². The molecule has 1 atom stereocenters. The van der Waals surface area contributed by atoms with Crippen LogP contribution in [0.1, 0.15) is 13.3 Å². The lowest BCUT2D eigenvalue weighted by Crippen LogP contribution is -2.44. The Bertz CT molecular complexity index is 702. The fourth-order valence-electron chi connectivity index (χ4n) is 2.54. The molecule has 0 spiro atoms. The van der Waals surface area contributed by atoms with E-state index in [1.54, 1.807) is 24.3 Å². The van der Waals surface area contributed by atoms with Gasteiger partial charge in [0.15, 0.2) is 9.84 Å². The molecule has 1 aliphatic heterocycles. The van der Waals surface area contributed by atoms with E-state index in [1.807, 2.05) is 0 Å². The summed E-state index contributed by atoms with van der Waals surface area (Å²) in [6.45, 7) is 1.17. The monoisotopic (exact) mass is 340 g/mol. The molecule has 0 aromatic heterocycles. The third-order valence-corrected chi connectivity index (χ3v) is 5.42. The molecule has 0 aliphatic carbocycles. The average Bonchev–Trinajstić information content (AvgIpc) is 2.83. The zero-order chi connectivity index (χ0) is 17.0. The number of amides is 2. The molecule has 1 aromatic rings. The molecule has 8 heteroatoms. The van der Waals surface area contributed by atoms with Gasteiger partial charge in [-0.05, 0) is 18.6 Å². The molecule has 23 heavy (non-hydrogen) atoms. The zero-order valence-electron chi connectivity index (χ0n) is 13.1. The molecule has 2 amide bonds. The number of carbonyl (C=O) groups excluding carboxylic acids is 2. The maximum atomic E-state index is 12.2. The second-order valence-electron chi connectivity index (χ2n) is 5.44. The normalized spacial score (nSPS) is 19.1. The number of methoxy groups -OCH3 is 1. The van der Waals surface area contributed by atoms with Crippen LogP contribution < -0.4 is 15.0 Å². The highest BCUT2D eigenvalue weighted by Gasteiger charge is 2.29. The van der Waals surface area contributed by atoms with Crippen molar-refractivity contribution in [3.05, 3.63) is 24.3 Å². The predicted octanol–water partition coefficient (Wildman–Crippen LogP) is 0.351. The second kappa shape index (κ2) is 6.99. The van der Waals surface area contributed by atoms with Crippen LogP contribution in [0.2, 0.25) is 0 Å². The molecule has 1 saturated heterocycles. The Morgan fingerprint density at radius 2 is 2.04 bits per heavy atom. The van der Waals surface area contributed by atoms with Gasteiger partial charge in [-0.1, -0.05) is 12.1 Å². The minimum atomic E-state index is -3.06. The maximum Gasteiger partial charge on any atom is 0.240 e. The Morgan fingerprint density at radius 3 is 2.61 bits per heavy atom. The van der Waals surface area contributed by atoms with E-state index >= 15 is 0 Å². The van der Waals surface area contributed by atoms with Gasteiger partial charge in [-0.15, -0.1) is 0 Å². The first kappa shape index (κ1) is 17.3. The van der Waals surface area contributed by atoms with Crippen molar-refractivity contribution in [1.29, 1.82) is 0 Å². The van der Waals surface area contributed by atoms with Crippen LogP contribution in [-0.4, -0.2) is 51.4 Å². The average molecular weight is 340 g/mol. The summed E-state index contributed by atoms with van der Waals surface area (Å²) in [4.78, 5) is 25.3. The summed E-state index contributed by atoms with van der Waals surface area (Å²) >= 11 is 0. The third kappa shape index (κ3) is 4.44. The van der Waals surface area contributed by atoms with Gasteiger partial charge >= 0.3 is 0 Å². The van der Waals surface area contributed by atoms with E-state index in [1.165, 1.54) is 18.9 Å². The number of carbonyl (C=O) groups is 2. The minimum absolute atomic E-state index is 0.0481. The number of hydrogen-bond donors (Lipinski definition) is 1. The first-order valence-corrected chi connectivity index (χ1v) is 9.05. The summed E-state index contributed by atoms with van der Waals surface area (Å²) in [7, 11) is -1.58. The number of anilines is 1. The van der Waals surface area contributed by atoms with E-state index in [2.05, 4.69) is 5.32 Å². The van der Waals surface area contributed by atoms with Gasteiger partial charge in [-0.25, -0.2) is 8.42 Å². The van der Waals surface area contributed by atoms with Gasteiger partial charge in [0.05, 0.1) is 24.3 Å². The predicted molar refractivity (Wildman–Crippen MR) is 86.2 cm³/mol. The maximum absolute atomic E-state index is 12.2. The standard InChI is InChI=1S/C15H20N2O5S/c1-11(18)17(13-5-3-4-6-14(13)22-2)9-15(19)16-12-7-8-23(20,21)10-12/h3-6,12H,7-10H2,1-2H3,(H,16,19). The van der Waals surface area contributed by atoms with E-state index in [-0.39, 0.29) is 30.0 Å². The summed E-state index contributed by atoms with van der Waals surface area (Å²) in [6, 6.07) is 6.51. The van der Waals surface area contributed by atoms with Crippen molar-refractivity contribution < 1.29 is 22.7 Å². The molecule has 2 rings (SSSR count). The molecule has 1 heterocycles. The first-order valence-electron chi connectivity index (χ1n) is 7.23. The van der Waals surface area contributed by atoms with E-state index in [9.17, 15) is 18.0 Å². The van der Waals surface area contributed by atoms with Gasteiger partial charge in [-0.2, -0.15) is 0 Å². The lowest BCUT2D eigenvalue weighted by Gasteiger charge is -2.23. The van der Waals surface area contributed by atoms with Gasteiger partial charge in [-0.3, -0.25) is 14.5 Å². The van der Waals surface area contributed by atoms with Crippen LogP contribution in [0, 0.1) is 0 Å². The molecule has 1 aromatic carbocycles. The Morgan fingerprint density at radius 1 is 1.35 bits per heavy atom. The SMILES string of the molecule is COc1ccccc1N(CC(=O)NC1CCS(=O)(=O)C1)C(C)=O. The number of sulfone groups is 1. The molecule has 126 valence electrons. The highest BCUT2D eigenvalue weighted by molar-refractivity contribution is 7.91. The zero-order valence-corrected chi connectivity index (χ0v) is 13.9. The molecule has 1 fully saturated rings. The number of benzene rings is 1. The van der Waals surface area contributed by atoms with Crippen LogP contribution in [0.25, 0.3) is 0 Å². The first-order chi connectivity index (χ1) is 10.8. The molecule has 1 unspecified atom stereocenters. The third-order valence-electron chi connectivity index (χ3n) is 3.66. The van der Waals surface area contributed by atoms with Crippen molar-refractivity contribution in [2.24, 2.45) is 0 Å². The van der Waals surface area contributed by atoms with E-state index in [0.29, 0.717) is 17.9 Å². The number of ether oxygens (including phenoxy) is 1. The number of para-hydroxylation sites is 2. The molecule has 0 bridgehead atoms. The summed E-state index contributed by atoms with van der Waals surface area (Å²) in [5, 5.41) is 2.67. The number of hydrogen-bond acceptors (Lipinski definition) is 5. The van der Waals surface area contributed by atoms with Gasteiger partial charge < -0.3 is 10.1 Å². The molecule has 1 N–H and O–H groups in total. The Balaban J connectivity index is 2.08. The highest BCUT2D eigenvalue weighted by atomic mass is 32.2. The molecular formula is C15H20N2O5S. The summed E-state index contributed by atoms with van der Waals surface area (Å²) < 4.78 is 28.1. The van der Waals surface area contributed by atoms with Crippen LogP contribution in [-0.2, 0) is 19.4 Å². The highest BCUT2D eigenvalue weighted by Crippen LogP contribution is 2.27. The van der Waals surface area contributed by atoms with Gasteiger partial charge in [0.2, 0.25) is 11.8 Å². The summed E-state index contributed by atoms with van der Waals surface area (Å²) in [6.07, 6.45) is 0.406. The van der Waals surface area contributed by atoms with Gasteiger partial charge in [0.1, 0.15) is 12.3 Å². The van der Waals surface area contributed by atoms with Crippen LogP contribution in [0.3, 0.4) is 0 Å². The molecular weight excluding hydrogens is 320 g/mol. The smallest absolute Gasteiger partial charge is 0.240 e. The Kier molecular flexibility index (Phi) is 5.25. The molecule has 7 nitrogen and oxygen atoms in total. The van der Waals surface area contributed by atoms with Crippen LogP contribution in [0.15, 0.2) is 24.3 Å². The van der Waals surface area contributed by atoms with E-state index < -0.39 is 15.7 Å². The Labute approximate surface area is 135 Å². The summed E-state index contributed by atoms with van der Waals surface area (Å²) in [5.41, 5.74) is 0.497. The lowest BCUT2D eigenvalue weighted by atomic mass is 10.2. The van der Waals surface area contributed by atoms with Gasteiger partial charge in [0, 0.05) is 13.0 Å².